The highest BCUT2D eigenvalue weighted by Gasteiger charge is 2.10. The van der Waals surface area contributed by atoms with Crippen molar-refractivity contribution in [3.05, 3.63) is 65.7 Å². The van der Waals surface area contributed by atoms with E-state index >= 15 is 0 Å². The predicted molar refractivity (Wildman–Crippen MR) is 81.2 cm³/mol. The summed E-state index contributed by atoms with van der Waals surface area (Å²) in [6.07, 6.45) is 0. The van der Waals surface area contributed by atoms with E-state index in [0.717, 1.165) is 18.7 Å². The molecule has 0 heterocycles. The summed E-state index contributed by atoms with van der Waals surface area (Å²) in [6.45, 7) is 3.18. The van der Waals surface area contributed by atoms with Gasteiger partial charge in [-0.3, -0.25) is 0 Å². The zero-order valence-electron chi connectivity index (χ0n) is 11.5. The molecule has 0 bridgehead atoms. The van der Waals surface area contributed by atoms with Crippen molar-refractivity contribution in [2.45, 2.75) is 24.9 Å². The standard InChI is InChI=1S/C16H19NO2S/c1-2-20(18,19)16-10-8-15(9-11-16)13-17-12-14-6-4-3-5-7-14/h3-11,17H,2,12-13H2,1H3. The number of sulfone groups is 1. The topological polar surface area (TPSA) is 46.2 Å². The Hall–Kier alpha value is -1.65. The summed E-state index contributed by atoms with van der Waals surface area (Å²) in [5, 5.41) is 3.34. The third kappa shape index (κ3) is 3.92. The zero-order chi connectivity index (χ0) is 14.4. The Morgan fingerprint density at radius 3 is 1.95 bits per heavy atom. The van der Waals surface area contributed by atoms with Crippen LogP contribution >= 0.6 is 0 Å². The van der Waals surface area contributed by atoms with Gasteiger partial charge >= 0.3 is 0 Å². The Morgan fingerprint density at radius 1 is 0.850 bits per heavy atom. The highest BCUT2D eigenvalue weighted by atomic mass is 32.2. The maximum Gasteiger partial charge on any atom is 0.178 e. The third-order valence-corrected chi connectivity index (χ3v) is 4.91. The van der Waals surface area contributed by atoms with Crippen molar-refractivity contribution in [2.24, 2.45) is 0 Å². The molecule has 0 aliphatic carbocycles. The van der Waals surface area contributed by atoms with Crippen LogP contribution in [-0.2, 0) is 22.9 Å². The minimum absolute atomic E-state index is 0.138. The van der Waals surface area contributed by atoms with Crippen molar-refractivity contribution in [3.63, 3.8) is 0 Å². The van der Waals surface area contributed by atoms with E-state index in [2.05, 4.69) is 17.4 Å². The Morgan fingerprint density at radius 2 is 1.40 bits per heavy atom. The highest BCUT2D eigenvalue weighted by Crippen LogP contribution is 2.12. The lowest BCUT2D eigenvalue weighted by Crippen LogP contribution is -2.12. The number of nitrogens with one attached hydrogen (secondary N) is 1. The first-order chi connectivity index (χ1) is 9.62. The second-order valence-electron chi connectivity index (χ2n) is 4.64. The van der Waals surface area contributed by atoms with Gasteiger partial charge in [0.1, 0.15) is 0 Å². The molecule has 0 aliphatic rings. The summed E-state index contributed by atoms with van der Waals surface area (Å²) < 4.78 is 23.4. The molecule has 0 saturated carbocycles. The van der Waals surface area contributed by atoms with E-state index in [4.69, 9.17) is 0 Å². The van der Waals surface area contributed by atoms with Gasteiger partial charge in [0.2, 0.25) is 0 Å². The lowest BCUT2D eigenvalue weighted by molar-refractivity contribution is 0.597. The highest BCUT2D eigenvalue weighted by molar-refractivity contribution is 7.91. The molecule has 2 aromatic rings. The number of benzene rings is 2. The van der Waals surface area contributed by atoms with Crippen molar-refractivity contribution in [1.29, 1.82) is 0 Å². The van der Waals surface area contributed by atoms with Crippen LogP contribution in [0.4, 0.5) is 0 Å². The van der Waals surface area contributed by atoms with E-state index in [1.807, 2.05) is 30.3 Å². The molecule has 0 amide bonds. The van der Waals surface area contributed by atoms with Crippen LogP contribution in [0, 0.1) is 0 Å². The van der Waals surface area contributed by atoms with Gasteiger partial charge < -0.3 is 5.32 Å². The second-order valence-corrected chi connectivity index (χ2v) is 6.91. The molecule has 0 unspecified atom stereocenters. The van der Waals surface area contributed by atoms with Gasteiger partial charge in [0.15, 0.2) is 9.84 Å². The first-order valence-corrected chi connectivity index (χ1v) is 8.33. The summed E-state index contributed by atoms with van der Waals surface area (Å²) in [5.74, 6) is 0.138. The summed E-state index contributed by atoms with van der Waals surface area (Å²) in [6, 6.07) is 17.3. The largest absolute Gasteiger partial charge is 0.309 e. The molecule has 0 spiro atoms. The lowest BCUT2D eigenvalue weighted by Gasteiger charge is -2.06. The minimum atomic E-state index is -3.10. The molecule has 0 aromatic heterocycles. The van der Waals surface area contributed by atoms with Gasteiger partial charge in [0.05, 0.1) is 10.6 Å². The second kappa shape index (κ2) is 6.68. The Kier molecular flexibility index (Phi) is 4.93. The SMILES string of the molecule is CCS(=O)(=O)c1ccc(CNCc2ccccc2)cc1. The molecule has 0 fully saturated rings. The smallest absolute Gasteiger partial charge is 0.178 e. The third-order valence-electron chi connectivity index (χ3n) is 3.16. The normalized spacial score (nSPS) is 11.4. The molecule has 0 atom stereocenters. The van der Waals surface area contributed by atoms with E-state index in [1.165, 1.54) is 5.56 Å². The van der Waals surface area contributed by atoms with Crippen LogP contribution in [-0.4, -0.2) is 14.2 Å². The van der Waals surface area contributed by atoms with Crippen LogP contribution in [0.25, 0.3) is 0 Å². The van der Waals surface area contributed by atoms with E-state index in [9.17, 15) is 8.42 Å². The first-order valence-electron chi connectivity index (χ1n) is 6.68. The van der Waals surface area contributed by atoms with Crippen molar-refractivity contribution < 1.29 is 8.42 Å². The van der Waals surface area contributed by atoms with Gasteiger partial charge in [-0.05, 0) is 23.3 Å². The van der Waals surface area contributed by atoms with Gasteiger partial charge in [-0.2, -0.15) is 0 Å². The van der Waals surface area contributed by atoms with E-state index in [-0.39, 0.29) is 5.75 Å². The minimum Gasteiger partial charge on any atom is -0.309 e. The van der Waals surface area contributed by atoms with Gasteiger partial charge in [0, 0.05) is 13.1 Å². The molecule has 3 nitrogen and oxygen atoms in total. The zero-order valence-corrected chi connectivity index (χ0v) is 12.4. The van der Waals surface area contributed by atoms with Gasteiger partial charge in [-0.15, -0.1) is 0 Å². The van der Waals surface area contributed by atoms with Crippen LogP contribution in [0.15, 0.2) is 59.5 Å². The monoisotopic (exact) mass is 289 g/mol. The Labute approximate surface area is 120 Å². The van der Waals surface area contributed by atoms with Crippen LogP contribution < -0.4 is 5.32 Å². The average molecular weight is 289 g/mol. The number of hydrogen-bond donors (Lipinski definition) is 1. The lowest BCUT2D eigenvalue weighted by atomic mass is 10.2. The summed E-state index contributed by atoms with van der Waals surface area (Å²) in [7, 11) is -3.10. The number of hydrogen-bond acceptors (Lipinski definition) is 3. The molecule has 20 heavy (non-hydrogen) atoms. The van der Waals surface area contributed by atoms with Crippen molar-refractivity contribution in [2.75, 3.05) is 5.75 Å². The van der Waals surface area contributed by atoms with Crippen LogP contribution in [0.5, 0.6) is 0 Å². The van der Waals surface area contributed by atoms with Crippen molar-refractivity contribution in [1.82, 2.24) is 5.32 Å². The van der Waals surface area contributed by atoms with E-state index in [0.29, 0.717) is 4.90 Å². The summed E-state index contributed by atoms with van der Waals surface area (Å²) in [4.78, 5) is 0.395. The molecule has 2 aromatic carbocycles. The molecule has 106 valence electrons. The number of rotatable bonds is 6. The van der Waals surface area contributed by atoms with Gasteiger partial charge in [0.25, 0.3) is 0 Å². The molecule has 0 radical (unpaired) electrons. The Balaban J connectivity index is 1.92. The average Bonchev–Trinajstić information content (AvgIpc) is 2.49. The van der Waals surface area contributed by atoms with Crippen molar-refractivity contribution in [3.8, 4) is 0 Å². The molecule has 0 aliphatic heterocycles. The molecule has 4 heteroatoms. The summed E-state index contributed by atoms with van der Waals surface area (Å²) >= 11 is 0. The van der Waals surface area contributed by atoms with Gasteiger partial charge in [-0.1, -0.05) is 49.4 Å². The fourth-order valence-corrected chi connectivity index (χ4v) is 2.81. The molecule has 0 saturated heterocycles. The quantitative estimate of drug-likeness (QED) is 0.889. The Bertz CT molecular complexity index is 634. The maximum absolute atomic E-state index is 11.7. The van der Waals surface area contributed by atoms with E-state index < -0.39 is 9.84 Å². The summed E-state index contributed by atoms with van der Waals surface area (Å²) in [5.41, 5.74) is 2.31. The molecule has 1 N–H and O–H groups in total. The predicted octanol–water partition coefficient (Wildman–Crippen LogP) is 2.77. The van der Waals surface area contributed by atoms with E-state index in [1.54, 1.807) is 19.1 Å². The fourth-order valence-electron chi connectivity index (χ4n) is 1.93. The first kappa shape index (κ1) is 14.8. The fraction of sp³-hybridized carbons (Fsp3) is 0.250. The molecular weight excluding hydrogens is 270 g/mol. The van der Waals surface area contributed by atoms with Crippen LogP contribution in [0.3, 0.4) is 0 Å². The molecule has 2 rings (SSSR count). The molecular formula is C16H19NO2S. The maximum atomic E-state index is 11.7. The van der Waals surface area contributed by atoms with Gasteiger partial charge in [-0.25, -0.2) is 8.42 Å². The van der Waals surface area contributed by atoms with Crippen LogP contribution in [0.2, 0.25) is 0 Å². The van der Waals surface area contributed by atoms with Crippen molar-refractivity contribution >= 4 is 9.84 Å². The van der Waals surface area contributed by atoms with Crippen LogP contribution in [0.1, 0.15) is 18.1 Å².